The fraction of sp³-hybridized carbons (Fsp3) is 0.200. The van der Waals surface area contributed by atoms with Crippen LogP contribution in [0.4, 0.5) is 0 Å². The van der Waals surface area contributed by atoms with Gasteiger partial charge in [0, 0.05) is 0 Å². The van der Waals surface area contributed by atoms with E-state index in [-0.39, 0.29) is 5.75 Å². The summed E-state index contributed by atoms with van der Waals surface area (Å²) >= 11 is 0. The van der Waals surface area contributed by atoms with Crippen LogP contribution in [0.2, 0.25) is 0 Å². The molecule has 0 aliphatic carbocycles. The number of nitrogens with zero attached hydrogens (tertiary/aromatic N) is 1. The fourth-order valence-electron chi connectivity index (χ4n) is 0.530. The molecule has 0 saturated carbocycles. The molecule has 0 aromatic carbocycles. The van der Waals surface area contributed by atoms with Gasteiger partial charge in [-0.15, -0.1) is 0 Å². The van der Waals surface area contributed by atoms with Gasteiger partial charge < -0.3 is 4.42 Å². The molecule has 0 aliphatic rings. The van der Waals surface area contributed by atoms with Crippen molar-refractivity contribution in [2.45, 2.75) is 5.75 Å². The van der Waals surface area contributed by atoms with Crippen LogP contribution in [0.1, 0.15) is 5.76 Å². The summed E-state index contributed by atoms with van der Waals surface area (Å²) in [6.07, 6.45) is 5.46. The molecule has 0 fully saturated rings. The van der Waals surface area contributed by atoms with E-state index in [4.69, 9.17) is 0 Å². The summed E-state index contributed by atoms with van der Waals surface area (Å²) in [5.41, 5.74) is 0. The smallest absolute Gasteiger partial charge is 0.180 e. The summed E-state index contributed by atoms with van der Waals surface area (Å²) in [6.45, 7) is 0. The molecule has 0 saturated heterocycles. The Bertz CT molecular complexity index is 287. The third-order valence-electron chi connectivity index (χ3n) is 0.846. The Morgan fingerprint density at radius 3 is 2.80 bits per heavy atom. The van der Waals surface area contributed by atoms with E-state index >= 15 is 0 Å². The lowest BCUT2D eigenvalue weighted by atomic mass is 10.6. The number of oxazole rings is 1. The third kappa shape index (κ3) is 2.18. The van der Waals surface area contributed by atoms with Gasteiger partial charge in [-0.05, 0) is 0 Å². The number of hydrogen-bond acceptors (Lipinski definition) is 4. The van der Waals surface area contributed by atoms with Crippen LogP contribution in [-0.2, 0) is 15.6 Å². The second-order valence-corrected chi connectivity index (χ2v) is 3.63. The maximum atomic E-state index is 10.5. The predicted octanol–water partition coefficient (Wildman–Crippen LogP) is 0.381. The Hall–Kier alpha value is -0.840. The van der Waals surface area contributed by atoms with Crippen LogP contribution in [0.15, 0.2) is 17.0 Å². The normalized spacial score (nSPS) is 11.7. The highest BCUT2D eigenvalue weighted by Gasteiger charge is 2.06. The van der Waals surface area contributed by atoms with Crippen molar-refractivity contribution < 1.29 is 12.8 Å². The first-order chi connectivity index (χ1) is 4.58. The topological polar surface area (TPSA) is 60.2 Å². The van der Waals surface area contributed by atoms with Gasteiger partial charge >= 0.3 is 0 Å². The van der Waals surface area contributed by atoms with Gasteiger partial charge in [0.15, 0.2) is 16.2 Å². The van der Waals surface area contributed by atoms with Crippen LogP contribution in [0.25, 0.3) is 0 Å². The molecule has 0 spiro atoms. The molecule has 5 heteroatoms. The summed E-state index contributed by atoms with van der Waals surface area (Å²) in [5, 5.41) is 0. The molecule has 1 radical (unpaired) electrons. The Morgan fingerprint density at radius 1 is 1.70 bits per heavy atom. The summed E-state index contributed by atoms with van der Waals surface area (Å²) in [4.78, 5) is 3.55. The summed E-state index contributed by atoms with van der Waals surface area (Å²) in [6, 6.07) is 0. The minimum absolute atomic E-state index is 0.188. The highest BCUT2D eigenvalue weighted by molar-refractivity contribution is 7.91. The molecular weight excluding hydrogens is 154 g/mol. The van der Waals surface area contributed by atoms with Gasteiger partial charge in [0.05, 0.1) is 12.5 Å². The SMILES string of the molecule is [CH2]S(=O)(=O)Cc1cnco1. The van der Waals surface area contributed by atoms with Crippen LogP contribution in [0, 0.1) is 6.26 Å². The Labute approximate surface area is 58.8 Å². The summed E-state index contributed by atoms with van der Waals surface area (Å²) in [7, 11) is -3.23. The van der Waals surface area contributed by atoms with Crippen molar-refractivity contribution in [1.82, 2.24) is 4.98 Å². The molecule has 0 N–H and O–H groups in total. The summed E-state index contributed by atoms with van der Waals surface area (Å²) < 4.78 is 25.7. The second kappa shape index (κ2) is 2.42. The van der Waals surface area contributed by atoms with E-state index < -0.39 is 9.84 Å². The zero-order valence-corrected chi connectivity index (χ0v) is 5.97. The van der Waals surface area contributed by atoms with Crippen molar-refractivity contribution >= 4 is 9.84 Å². The molecule has 10 heavy (non-hydrogen) atoms. The van der Waals surface area contributed by atoms with Crippen LogP contribution in [-0.4, -0.2) is 13.4 Å². The first kappa shape index (κ1) is 7.27. The number of hydrogen-bond donors (Lipinski definition) is 0. The van der Waals surface area contributed by atoms with Gasteiger partial charge in [0.2, 0.25) is 0 Å². The average molecular weight is 160 g/mol. The van der Waals surface area contributed by atoms with Crippen molar-refractivity contribution in [3.63, 3.8) is 0 Å². The van der Waals surface area contributed by atoms with Gasteiger partial charge in [0.1, 0.15) is 11.5 Å². The third-order valence-corrected chi connectivity index (χ3v) is 1.57. The van der Waals surface area contributed by atoms with Gasteiger partial charge in [-0.3, -0.25) is 0 Å². The highest BCUT2D eigenvalue weighted by atomic mass is 32.2. The molecule has 1 rings (SSSR count). The fourth-order valence-corrected chi connectivity index (χ4v) is 1.11. The standard InChI is InChI=1S/C5H6NO3S/c1-10(7,8)3-5-2-6-4-9-5/h2,4H,1,3H2. The van der Waals surface area contributed by atoms with Crippen LogP contribution in [0.5, 0.6) is 0 Å². The molecular formula is C5H6NO3S. The molecule has 1 aromatic heterocycles. The zero-order chi connectivity index (χ0) is 7.61. The first-order valence-electron chi connectivity index (χ1n) is 2.51. The predicted molar refractivity (Wildman–Crippen MR) is 34.5 cm³/mol. The minimum atomic E-state index is -3.23. The van der Waals surface area contributed by atoms with E-state index in [0.29, 0.717) is 5.76 Å². The van der Waals surface area contributed by atoms with Gasteiger partial charge in [-0.1, -0.05) is 0 Å². The quantitative estimate of drug-likeness (QED) is 0.627. The van der Waals surface area contributed by atoms with Gasteiger partial charge in [0.25, 0.3) is 0 Å². The molecule has 0 unspecified atom stereocenters. The molecule has 55 valence electrons. The second-order valence-electron chi connectivity index (χ2n) is 1.86. The lowest BCUT2D eigenvalue weighted by Crippen LogP contribution is -1.96. The molecule has 0 bridgehead atoms. The minimum Gasteiger partial charge on any atom is -0.447 e. The summed E-state index contributed by atoms with van der Waals surface area (Å²) in [5.74, 6) is 0.127. The molecule has 0 aliphatic heterocycles. The Balaban J connectivity index is 2.75. The van der Waals surface area contributed by atoms with E-state index in [2.05, 4.69) is 15.7 Å². The molecule has 0 amide bonds. The van der Waals surface area contributed by atoms with Crippen molar-refractivity contribution in [3.05, 3.63) is 24.6 Å². The van der Waals surface area contributed by atoms with Crippen molar-refractivity contribution in [1.29, 1.82) is 0 Å². The zero-order valence-electron chi connectivity index (χ0n) is 5.15. The largest absolute Gasteiger partial charge is 0.447 e. The highest BCUT2D eigenvalue weighted by Crippen LogP contribution is 2.02. The van der Waals surface area contributed by atoms with Crippen molar-refractivity contribution in [3.8, 4) is 0 Å². The Kier molecular flexibility index (Phi) is 1.76. The van der Waals surface area contributed by atoms with Crippen LogP contribution in [0.3, 0.4) is 0 Å². The number of aromatic nitrogens is 1. The van der Waals surface area contributed by atoms with E-state index in [1.165, 1.54) is 12.6 Å². The van der Waals surface area contributed by atoms with Gasteiger partial charge in [-0.25, -0.2) is 13.4 Å². The Morgan fingerprint density at radius 2 is 2.40 bits per heavy atom. The van der Waals surface area contributed by atoms with Crippen LogP contribution < -0.4 is 0 Å². The monoisotopic (exact) mass is 160 g/mol. The average Bonchev–Trinajstić information content (AvgIpc) is 2.12. The van der Waals surface area contributed by atoms with E-state index in [9.17, 15) is 8.42 Å². The van der Waals surface area contributed by atoms with E-state index in [1.54, 1.807) is 0 Å². The maximum Gasteiger partial charge on any atom is 0.180 e. The lowest BCUT2D eigenvalue weighted by Gasteiger charge is -1.89. The van der Waals surface area contributed by atoms with Crippen molar-refractivity contribution in [2.75, 3.05) is 0 Å². The number of sulfone groups is 1. The van der Waals surface area contributed by atoms with Crippen LogP contribution >= 0.6 is 0 Å². The molecule has 0 atom stereocenters. The van der Waals surface area contributed by atoms with E-state index in [1.807, 2.05) is 0 Å². The first-order valence-corrected chi connectivity index (χ1v) is 4.33. The van der Waals surface area contributed by atoms with Crippen molar-refractivity contribution in [2.24, 2.45) is 0 Å². The molecule has 1 heterocycles. The van der Waals surface area contributed by atoms with E-state index in [0.717, 1.165) is 0 Å². The molecule has 1 aromatic rings. The number of rotatable bonds is 2. The molecule has 4 nitrogen and oxygen atoms in total. The lowest BCUT2D eigenvalue weighted by molar-refractivity contribution is 0.516. The van der Waals surface area contributed by atoms with Gasteiger partial charge in [-0.2, -0.15) is 0 Å². The maximum absolute atomic E-state index is 10.5.